The summed E-state index contributed by atoms with van der Waals surface area (Å²) in [6, 6.07) is 14.8. The summed E-state index contributed by atoms with van der Waals surface area (Å²) in [5.41, 5.74) is 6.04. The molecule has 19 heavy (non-hydrogen) atoms. The molecule has 3 rings (SSSR count). The van der Waals surface area contributed by atoms with Gasteiger partial charge in [-0.2, -0.15) is 0 Å². The second-order valence-corrected chi connectivity index (χ2v) is 4.95. The van der Waals surface area contributed by atoms with E-state index in [4.69, 9.17) is 4.74 Å². The van der Waals surface area contributed by atoms with Gasteiger partial charge in [-0.25, -0.2) is 0 Å². The predicted molar refractivity (Wildman–Crippen MR) is 79.8 cm³/mol. The van der Waals surface area contributed by atoms with Gasteiger partial charge in [0.15, 0.2) is 0 Å². The summed E-state index contributed by atoms with van der Waals surface area (Å²) in [6.07, 6.45) is 0. The van der Waals surface area contributed by atoms with Crippen LogP contribution >= 0.6 is 0 Å². The standard InChI is InChI=1S/C17H17NO/c1-11-4-7-16-13(8-11)10-17(18-16)15-6-5-14(19-3)9-12(15)2/h4-10,18H,1-3H3. The minimum absolute atomic E-state index is 0.896. The minimum Gasteiger partial charge on any atom is -0.497 e. The molecule has 2 aromatic carbocycles. The third-order valence-electron chi connectivity index (χ3n) is 3.50. The van der Waals surface area contributed by atoms with Gasteiger partial charge in [0.1, 0.15) is 5.75 Å². The summed E-state index contributed by atoms with van der Waals surface area (Å²) < 4.78 is 5.25. The minimum atomic E-state index is 0.896. The van der Waals surface area contributed by atoms with Crippen molar-refractivity contribution < 1.29 is 4.74 Å². The van der Waals surface area contributed by atoms with Gasteiger partial charge < -0.3 is 9.72 Å². The Balaban J connectivity index is 2.13. The molecule has 2 heteroatoms. The number of ether oxygens (including phenoxy) is 1. The monoisotopic (exact) mass is 251 g/mol. The number of rotatable bonds is 2. The molecule has 1 N–H and O–H groups in total. The molecule has 0 unspecified atom stereocenters. The first-order chi connectivity index (χ1) is 9.17. The molecule has 96 valence electrons. The van der Waals surface area contributed by atoms with Crippen LogP contribution in [0, 0.1) is 13.8 Å². The summed E-state index contributed by atoms with van der Waals surface area (Å²) in [5.74, 6) is 0.896. The molecule has 1 heterocycles. The number of hydrogen-bond donors (Lipinski definition) is 1. The van der Waals surface area contributed by atoms with Crippen molar-refractivity contribution in [2.45, 2.75) is 13.8 Å². The number of methoxy groups -OCH3 is 1. The van der Waals surface area contributed by atoms with Crippen LogP contribution in [0.1, 0.15) is 11.1 Å². The first-order valence-electron chi connectivity index (χ1n) is 6.42. The number of nitrogens with one attached hydrogen (secondary N) is 1. The molecule has 3 aromatic rings. The summed E-state index contributed by atoms with van der Waals surface area (Å²) in [7, 11) is 1.69. The Morgan fingerprint density at radius 1 is 0.947 bits per heavy atom. The zero-order chi connectivity index (χ0) is 13.4. The second kappa shape index (κ2) is 4.47. The van der Waals surface area contributed by atoms with E-state index in [2.05, 4.69) is 55.2 Å². The molecular weight excluding hydrogens is 234 g/mol. The van der Waals surface area contributed by atoms with Gasteiger partial charge in [0.2, 0.25) is 0 Å². The highest BCUT2D eigenvalue weighted by molar-refractivity contribution is 5.87. The first-order valence-corrected chi connectivity index (χ1v) is 6.42. The molecule has 0 atom stereocenters. The van der Waals surface area contributed by atoms with E-state index in [1.807, 2.05) is 6.07 Å². The van der Waals surface area contributed by atoms with Crippen LogP contribution in [0.25, 0.3) is 22.2 Å². The van der Waals surface area contributed by atoms with Crippen LogP contribution in [0.5, 0.6) is 5.75 Å². The van der Waals surface area contributed by atoms with E-state index in [1.165, 1.54) is 27.6 Å². The average Bonchev–Trinajstić information content (AvgIpc) is 2.81. The Morgan fingerprint density at radius 3 is 2.53 bits per heavy atom. The van der Waals surface area contributed by atoms with E-state index in [0.29, 0.717) is 0 Å². The molecule has 0 saturated carbocycles. The summed E-state index contributed by atoms with van der Waals surface area (Å²) in [6.45, 7) is 4.22. The molecule has 0 bridgehead atoms. The van der Waals surface area contributed by atoms with Gasteiger partial charge in [0.05, 0.1) is 7.11 Å². The van der Waals surface area contributed by atoms with Gasteiger partial charge in [-0.1, -0.05) is 11.6 Å². The summed E-state index contributed by atoms with van der Waals surface area (Å²) in [4.78, 5) is 3.48. The van der Waals surface area contributed by atoms with Crippen LogP contribution in [0.2, 0.25) is 0 Å². The van der Waals surface area contributed by atoms with Crippen molar-refractivity contribution in [1.29, 1.82) is 0 Å². The highest BCUT2D eigenvalue weighted by atomic mass is 16.5. The lowest BCUT2D eigenvalue weighted by atomic mass is 10.1. The van der Waals surface area contributed by atoms with Gasteiger partial charge in [0, 0.05) is 22.2 Å². The molecule has 0 aliphatic carbocycles. The number of benzene rings is 2. The molecular formula is C17H17NO. The quantitative estimate of drug-likeness (QED) is 0.714. The van der Waals surface area contributed by atoms with Gasteiger partial charge >= 0.3 is 0 Å². The van der Waals surface area contributed by atoms with Crippen molar-refractivity contribution in [3.8, 4) is 17.0 Å². The molecule has 0 radical (unpaired) electrons. The number of H-pyrrole nitrogens is 1. The number of aromatic nitrogens is 1. The molecule has 0 saturated heterocycles. The fraction of sp³-hybridized carbons (Fsp3) is 0.176. The normalized spacial score (nSPS) is 10.9. The van der Waals surface area contributed by atoms with Crippen LogP contribution in [0.3, 0.4) is 0 Å². The fourth-order valence-electron chi connectivity index (χ4n) is 2.46. The van der Waals surface area contributed by atoms with Crippen molar-refractivity contribution in [2.24, 2.45) is 0 Å². The fourth-order valence-corrected chi connectivity index (χ4v) is 2.46. The Labute approximate surface area is 113 Å². The number of aryl methyl sites for hydroxylation is 2. The van der Waals surface area contributed by atoms with E-state index in [-0.39, 0.29) is 0 Å². The largest absolute Gasteiger partial charge is 0.497 e. The van der Waals surface area contributed by atoms with E-state index in [0.717, 1.165) is 11.4 Å². The third-order valence-corrected chi connectivity index (χ3v) is 3.50. The summed E-state index contributed by atoms with van der Waals surface area (Å²) >= 11 is 0. The van der Waals surface area contributed by atoms with Gasteiger partial charge in [-0.3, -0.25) is 0 Å². The van der Waals surface area contributed by atoms with Crippen molar-refractivity contribution >= 4 is 10.9 Å². The van der Waals surface area contributed by atoms with Crippen LogP contribution in [-0.4, -0.2) is 12.1 Å². The third kappa shape index (κ3) is 2.10. The molecule has 0 aliphatic heterocycles. The molecule has 0 fully saturated rings. The lowest BCUT2D eigenvalue weighted by molar-refractivity contribution is 0.414. The Kier molecular flexibility index (Phi) is 2.79. The first kappa shape index (κ1) is 11.8. The predicted octanol–water partition coefficient (Wildman–Crippen LogP) is 4.46. The molecule has 1 aromatic heterocycles. The van der Waals surface area contributed by atoms with Crippen molar-refractivity contribution in [3.05, 3.63) is 53.6 Å². The lowest BCUT2D eigenvalue weighted by Gasteiger charge is -2.06. The van der Waals surface area contributed by atoms with E-state index in [1.54, 1.807) is 7.11 Å². The maximum atomic E-state index is 5.25. The molecule has 0 spiro atoms. The van der Waals surface area contributed by atoms with Crippen molar-refractivity contribution in [3.63, 3.8) is 0 Å². The van der Waals surface area contributed by atoms with Crippen LogP contribution in [-0.2, 0) is 0 Å². The number of aromatic amines is 1. The van der Waals surface area contributed by atoms with Crippen molar-refractivity contribution in [1.82, 2.24) is 4.98 Å². The maximum Gasteiger partial charge on any atom is 0.119 e. The summed E-state index contributed by atoms with van der Waals surface area (Å²) in [5, 5.41) is 1.25. The van der Waals surface area contributed by atoms with Gasteiger partial charge in [0.25, 0.3) is 0 Å². The highest BCUT2D eigenvalue weighted by Gasteiger charge is 2.07. The van der Waals surface area contributed by atoms with E-state index in [9.17, 15) is 0 Å². The smallest absolute Gasteiger partial charge is 0.119 e. The highest BCUT2D eigenvalue weighted by Crippen LogP contribution is 2.29. The van der Waals surface area contributed by atoms with Crippen LogP contribution in [0.4, 0.5) is 0 Å². The van der Waals surface area contributed by atoms with Gasteiger partial charge in [-0.05, 0) is 55.8 Å². The average molecular weight is 251 g/mol. The van der Waals surface area contributed by atoms with Crippen LogP contribution < -0.4 is 4.74 Å². The maximum absolute atomic E-state index is 5.25. The second-order valence-electron chi connectivity index (χ2n) is 4.95. The van der Waals surface area contributed by atoms with Gasteiger partial charge in [-0.15, -0.1) is 0 Å². The Hall–Kier alpha value is -2.22. The lowest BCUT2D eigenvalue weighted by Crippen LogP contribution is -1.87. The SMILES string of the molecule is COc1ccc(-c2cc3cc(C)ccc3[nH]2)c(C)c1. The zero-order valence-corrected chi connectivity index (χ0v) is 11.4. The topological polar surface area (TPSA) is 25.0 Å². The number of hydrogen-bond acceptors (Lipinski definition) is 1. The number of fused-ring (bicyclic) bond motifs is 1. The zero-order valence-electron chi connectivity index (χ0n) is 11.4. The molecule has 0 aliphatic rings. The Bertz CT molecular complexity index is 740. The molecule has 2 nitrogen and oxygen atoms in total. The molecule has 0 amide bonds. The van der Waals surface area contributed by atoms with Crippen molar-refractivity contribution in [2.75, 3.05) is 7.11 Å². The van der Waals surface area contributed by atoms with Crippen LogP contribution in [0.15, 0.2) is 42.5 Å². The van der Waals surface area contributed by atoms with E-state index >= 15 is 0 Å². The Morgan fingerprint density at radius 2 is 1.79 bits per heavy atom. The van der Waals surface area contributed by atoms with E-state index < -0.39 is 0 Å².